The number of rotatable bonds is 4. The summed E-state index contributed by atoms with van der Waals surface area (Å²) in [4.78, 5) is 0. The normalized spacial score (nSPS) is 10.7. The number of methoxy groups -OCH3 is 2. The third kappa shape index (κ3) is 3.02. The fraction of sp³-hybridized carbons (Fsp3) is 0.250. The van der Waals surface area contributed by atoms with Crippen LogP contribution in [0.5, 0.6) is 11.5 Å². The van der Waals surface area contributed by atoms with Crippen LogP contribution in [-0.2, 0) is 0 Å². The summed E-state index contributed by atoms with van der Waals surface area (Å²) in [6, 6.07) is 11.6. The zero-order valence-corrected chi connectivity index (χ0v) is 13.1. The van der Waals surface area contributed by atoms with E-state index in [1.165, 1.54) is 0 Å². The fourth-order valence-corrected chi connectivity index (χ4v) is 2.47. The molecule has 2 rings (SSSR count). The Kier molecular flexibility index (Phi) is 4.79. The van der Waals surface area contributed by atoms with Crippen molar-refractivity contribution in [3.63, 3.8) is 0 Å². The molecule has 0 heterocycles. The van der Waals surface area contributed by atoms with Crippen molar-refractivity contribution in [3.05, 3.63) is 57.6 Å². The van der Waals surface area contributed by atoms with Crippen LogP contribution in [0.4, 0.5) is 0 Å². The predicted molar refractivity (Wildman–Crippen MR) is 83.5 cm³/mol. The second-order valence-electron chi connectivity index (χ2n) is 4.51. The number of benzene rings is 2. The van der Waals surface area contributed by atoms with Crippen LogP contribution in [0.2, 0.25) is 10.0 Å². The van der Waals surface area contributed by atoms with Gasteiger partial charge in [-0.2, -0.15) is 0 Å². The van der Waals surface area contributed by atoms with Gasteiger partial charge < -0.3 is 9.47 Å². The highest BCUT2D eigenvalue weighted by molar-refractivity contribution is 6.32. The maximum atomic E-state index is 6.05. The van der Waals surface area contributed by atoms with Gasteiger partial charge in [0.1, 0.15) is 11.5 Å². The van der Waals surface area contributed by atoms with Gasteiger partial charge in [0.2, 0.25) is 0 Å². The molecule has 0 radical (unpaired) electrons. The first-order chi connectivity index (χ1) is 9.56. The summed E-state index contributed by atoms with van der Waals surface area (Å²) >= 11 is 12.1. The van der Waals surface area contributed by atoms with Crippen LogP contribution in [0.25, 0.3) is 0 Å². The van der Waals surface area contributed by atoms with E-state index >= 15 is 0 Å². The van der Waals surface area contributed by atoms with Crippen LogP contribution >= 0.6 is 23.2 Å². The van der Waals surface area contributed by atoms with Gasteiger partial charge in [-0.15, -0.1) is 0 Å². The van der Waals surface area contributed by atoms with Gasteiger partial charge in [0.15, 0.2) is 0 Å². The number of halogens is 2. The van der Waals surface area contributed by atoms with Crippen LogP contribution in [-0.4, -0.2) is 14.2 Å². The van der Waals surface area contributed by atoms with E-state index in [0.717, 1.165) is 11.1 Å². The van der Waals surface area contributed by atoms with E-state index in [4.69, 9.17) is 32.7 Å². The van der Waals surface area contributed by atoms with Gasteiger partial charge in [0, 0.05) is 5.92 Å². The van der Waals surface area contributed by atoms with E-state index in [1.807, 2.05) is 36.4 Å². The molecule has 0 fully saturated rings. The first-order valence-electron chi connectivity index (χ1n) is 6.23. The van der Waals surface area contributed by atoms with Crippen LogP contribution in [0.15, 0.2) is 36.4 Å². The van der Waals surface area contributed by atoms with E-state index in [9.17, 15) is 0 Å². The molecule has 0 N–H and O–H groups in total. The summed E-state index contributed by atoms with van der Waals surface area (Å²) in [6.45, 7) is 2.12. The quantitative estimate of drug-likeness (QED) is 0.776. The highest BCUT2D eigenvalue weighted by atomic mass is 35.5. The Morgan fingerprint density at radius 1 is 0.800 bits per heavy atom. The van der Waals surface area contributed by atoms with E-state index in [-0.39, 0.29) is 5.92 Å². The minimum Gasteiger partial charge on any atom is -0.495 e. The summed E-state index contributed by atoms with van der Waals surface area (Å²) < 4.78 is 10.5. The molecule has 0 spiro atoms. The zero-order chi connectivity index (χ0) is 14.7. The van der Waals surface area contributed by atoms with E-state index in [0.29, 0.717) is 21.5 Å². The number of hydrogen-bond donors (Lipinski definition) is 0. The summed E-state index contributed by atoms with van der Waals surface area (Å²) in [5.74, 6) is 1.54. The molecule has 0 amide bonds. The molecule has 2 aromatic rings. The van der Waals surface area contributed by atoms with Crippen LogP contribution in [0.1, 0.15) is 24.0 Å². The lowest BCUT2D eigenvalue weighted by atomic mass is 9.93. The van der Waals surface area contributed by atoms with Crippen molar-refractivity contribution in [2.75, 3.05) is 14.2 Å². The lowest BCUT2D eigenvalue weighted by Crippen LogP contribution is -1.98. The van der Waals surface area contributed by atoms with Gasteiger partial charge >= 0.3 is 0 Å². The van der Waals surface area contributed by atoms with Gasteiger partial charge in [-0.05, 0) is 35.4 Å². The molecule has 0 aliphatic heterocycles. The Balaban J connectivity index is 2.38. The SMILES string of the molecule is COc1cc(C(C)c2ccc(Cl)c(OC)c2)ccc1Cl. The lowest BCUT2D eigenvalue weighted by molar-refractivity contribution is 0.413. The molecular weight excluding hydrogens is 295 g/mol. The maximum Gasteiger partial charge on any atom is 0.137 e. The molecule has 0 bridgehead atoms. The average molecular weight is 311 g/mol. The third-order valence-electron chi connectivity index (χ3n) is 3.35. The second-order valence-corrected chi connectivity index (χ2v) is 5.32. The topological polar surface area (TPSA) is 18.5 Å². The standard InChI is InChI=1S/C16H16Cl2O2/c1-10(11-4-6-13(17)15(8-11)19-2)12-5-7-14(18)16(9-12)20-3/h4-10H,1-3H3. The van der Waals surface area contributed by atoms with Crippen molar-refractivity contribution in [3.8, 4) is 11.5 Å². The van der Waals surface area contributed by atoms with Crippen LogP contribution < -0.4 is 9.47 Å². The van der Waals surface area contributed by atoms with Crippen molar-refractivity contribution >= 4 is 23.2 Å². The number of hydrogen-bond acceptors (Lipinski definition) is 2. The van der Waals surface area contributed by atoms with Gasteiger partial charge in [-0.1, -0.05) is 42.3 Å². The van der Waals surface area contributed by atoms with Gasteiger partial charge in [0.25, 0.3) is 0 Å². The molecule has 0 aliphatic rings. The lowest BCUT2D eigenvalue weighted by Gasteiger charge is -2.15. The van der Waals surface area contributed by atoms with Crippen LogP contribution in [0, 0.1) is 0 Å². The Morgan fingerprint density at radius 3 is 1.55 bits per heavy atom. The summed E-state index contributed by atoms with van der Waals surface area (Å²) in [5, 5.41) is 1.22. The van der Waals surface area contributed by atoms with Crippen molar-refractivity contribution in [1.29, 1.82) is 0 Å². The van der Waals surface area contributed by atoms with E-state index < -0.39 is 0 Å². The Hall–Kier alpha value is -1.38. The van der Waals surface area contributed by atoms with Gasteiger partial charge in [0.05, 0.1) is 24.3 Å². The Bertz CT molecular complexity index is 558. The maximum absolute atomic E-state index is 6.05. The summed E-state index contributed by atoms with van der Waals surface area (Å²) in [7, 11) is 3.22. The summed E-state index contributed by atoms with van der Waals surface area (Å²) in [5.41, 5.74) is 2.24. The number of ether oxygens (including phenoxy) is 2. The van der Waals surface area contributed by atoms with Crippen LogP contribution in [0.3, 0.4) is 0 Å². The zero-order valence-electron chi connectivity index (χ0n) is 11.6. The molecule has 2 aromatic carbocycles. The predicted octanol–water partition coefficient (Wildman–Crippen LogP) is 5.16. The first kappa shape index (κ1) is 15.0. The molecule has 20 heavy (non-hydrogen) atoms. The van der Waals surface area contributed by atoms with Crippen molar-refractivity contribution in [1.82, 2.24) is 0 Å². The molecule has 4 heteroatoms. The third-order valence-corrected chi connectivity index (χ3v) is 3.97. The van der Waals surface area contributed by atoms with Crippen molar-refractivity contribution in [2.24, 2.45) is 0 Å². The monoisotopic (exact) mass is 310 g/mol. The van der Waals surface area contributed by atoms with E-state index in [2.05, 4.69) is 6.92 Å². The molecule has 106 valence electrons. The molecule has 0 saturated carbocycles. The highest BCUT2D eigenvalue weighted by Crippen LogP contribution is 2.34. The average Bonchev–Trinajstić information content (AvgIpc) is 2.47. The Labute approximate surface area is 129 Å². The molecular formula is C16H16Cl2O2. The fourth-order valence-electron chi connectivity index (χ4n) is 2.08. The largest absolute Gasteiger partial charge is 0.495 e. The molecule has 0 unspecified atom stereocenters. The molecule has 0 saturated heterocycles. The van der Waals surface area contributed by atoms with Gasteiger partial charge in [-0.3, -0.25) is 0 Å². The molecule has 0 aromatic heterocycles. The Morgan fingerprint density at radius 2 is 1.20 bits per heavy atom. The smallest absolute Gasteiger partial charge is 0.137 e. The molecule has 0 aliphatic carbocycles. The highest BCUT2D eigenvalue weighted by Gasteiger charge is 2.13. The minimum absolute atomic E-state index is 0.187. The summed E-state index contributed by atoms with van der Waals surface area (Å²) in [6.07, 6.45) is 0. The molecule has 2 nitrogen and oxygen atoms in total. The first-order valence-corrected chi connectivity index (χ1v) is 6.99. The second kappa shape index (κ2) is 6.38. The van der Waals surface area contributed by atoms with Crippen molar-refractivity contribution < 1.29 is 9.47 Å². The minimum atomic E-state index is 0.187. The van der Waals surface area contributed by atoms with E-state index in [1.54, 1.807) is 14.2 Å². The van der Waals surface area contributed by atoms with Crippen molar-refractivity contribution in [2.45, 2.75) is 12.8 Å². The van der Waals surface area contributed by atoms with Gasteiger partial charge in [-0.25, -0.2) is 0 Å². The molecule has 0 atom stereocenters.